The van der Waals surface area contributed by atoms with Crippen molar-refractivity contribution in [2.75, 3.05) is 13.1 Å². The summed E-state index contributed by atoms with van der Waals surface area (Å²) in [5.74, 6) is 1.37. The molecule has 5 heteroatoms. The van der Waals surface area contributed by atoms with Crippen LogP contribution in [0.1, 0.15) is 34.4 Å². The summed E-state index contributed by atoms with van der Waals surface area (Å²) < 4.78 is 0. The van der Waals surface area contributed by atoms with Gasteiger partial charge in [0.1, 0.15) is 5.82 Å². The number of rotatable bonds is 3. The summed E-state index contributed by atoms with van der Waals surface area (Å²) in [6.07, 6.45) is 1.47. The van der Waals surface area contributed by atoms with Crippen LogP contribution in [0.4, 0.5) is 0 Å². The smallest absolute Gasteiger partial charge is 0.227 e. The predicted molar refractivity (Wildman–Crippen MR) is 83.5 cm³/mol. The van der Waals surface area contributed by atoms with Crippen LogP contribution in [0.3, 0.4) is 0 Å². The Balaban J connectivity index is 1.66. The monoisotopic (exact) mass is 301 g/mol. The molecule has 0 unspecified atom stereocenters. The first kappa shape index (κ1) is 14.2. The molecule has 110 valence electrons. The topological polar surface area (TPSA) is 46.1 Å². The molecule has 1 fully saturated rings. The highest BCUT2D eigenvalue weighted by Crippen LogP contribution is 2.26. The van der Waals surface area contributed by atoms with E-state index in [0.29, 0.717) is 6.42 Å². The Bertz CT molecular complexity index is 619. The van der Waals surface area contributed by atoms with E-state index >= 15 is 0 Å². The van der Waals surface area contributed by atoms with E-state index in [1.807, 2.05) is 42.3 Å². The molecular weight excluding hydrogens is 282 g/mol. The number of aryl methyl sites for hydroxylation is 2. The van der Waals surface area contributed by atoms with Gasteiger partial charge in [-0.2, -0.15) is 0 Å². The highest BCUT2D eigenvalue weighted by molar-refractivity contribution is 7.10. The average molecular weight is 301 g/mol. The third kappa shape index (κ3) is 3.29. The van der Waals surface area contributed by atoms with Crippen molar-refractivity contribution in [3.63, 3.8) is 0 Å². The van der Waals surface area contributed by atoms with Crippen molar-refractivity contribution in [2.24, 2.45) is 0 Å². The number of hydrogen-bond donors (Lipinski definition) is 0. The van der Waals surface area contributed by atoms with Crippen LogP contribution in [-0.2, 0) is 11.2 Å². The van der Waals surface area contributed by atoms with Crippen molar-refractivity contribution in [3.8, 4) is 0 Å². The van der Waals surface area contributed by atoms with Crippen LogP contribution in [0.25, 0.3) is 0 Å². The Labute approximate surface area is 128 Å². The van der Waals surface area contributed by atoms with Crippen LogP contribution >= 0.6 is 11.3 Å². The van der Waals surface area contributed by atoms with E-state index in [9.17, 15) is 4.79 Å². The molecule has 0 aliphatic carbocycles. The molecule has 4 nitrogen and oxygen atoms in total. The van der Waals surface area contributed by atoms with Crippen LogP contribution in [0.2, 0.25) is 0 Å². The first-order chi connectivity index (χ1) is 10.1. The number of hydrogen-bond acceptors (Lipinski definition) is 4. The fourth-order valence-corrected chi connectivity index (χ4v) is 3.50. The summed E-state index contributed by atoms with van der Waals surface area (Å²) in [5, 5.41) is 2.01. The number of carbonyl (C=O) groups excluding carboxylic acids is 1. The molecule has 3 rings (SSSR count). The van der Waals surface area contributed by atoms with Crippen molar-refractivity contribution < 1.29 is 4.79 Å². The summed E-state index contributed by atoms with van der Waals surface area (Å²) in [5.41, 5.74) is 2.00. The fraction of sp³-hybridized carbons (Fsp3) is 0.438. The highest BCUT2D eigenvalue weighted by atomic mass is 32.1. The predicted octanol–water partition coefficient (Wildman–Crippen LogP) is 2.71. The molecule has 1 amide bonds. The Morgan fingerprint density at radius 2 is 2.14 bits per heavy atom. The zero-order valence-electron chi connectivity index (χ0n) is 12.4. The van der Waals surface area contributed by atoms with E-state index in [-0.39, 0.29) is 11.8 Å². The number of thiophene rings is 1. The largest absolute Gasteiger partial charge is 0.342 e. The summed E-state index contributed by atoms with van der Waals surface area (Å²) in [6, 6.07) is 5.99. The maximum absolute atomic E-state index is 12.3. The first-order valence-corrected chi connectivity index (χ1v) is 8.12. The van der Waals surface area contributed by atoms with E-state index in [0.717, 1.165) is 41.6 Å². The standard InChI is InChI=1S/C16H19N3OS/c1-11-8-12(2)18-16(17-11)13-5-6-19(10-13)15(20)9-14-4-3-7-21-14/h3-4,7-8,13H,5-6,9-10H2,1-2H3/t13-/m1/s1. The van der Waals surface area contributed by atoms with Gasteiger partial charge in [0.25, 0.3) is 0 Å². The van der Waals surface area contributed by atoms with Gasteiger partial charge in [-0.05, 0) is 37.8 Å². The lowest BCUT2D eigenvalue weighted by atomic mass is 10.1. The van der Waals surface area contributed by atoms with Crippen LogP contribution < -0.4 is 0 Å². The minimum Gasteiger partial charge on any atom is -0.342 e. The number of carbonyl (C=O) groups is 1. The van der Waals surface area contributed by atoms with E-state index < -0.39 is 0 Å². The van der Waals surface area contributed by atoms with Gasteiger partial charge in [0.15, 0.2) is 0 Å². The summed E-state index contributed by atoms with van der Waals surface area (Å²) in [6.45, 7) is 5.54. The molecule has 1 aliphatic rings. The number of aromatic nitrogens is 2. The minimum atomic E-state index is 0.212. The number of nitrogens with zero attached hydrogens (tertiary/aromatic N) is 3. The molecule has 21 heavy (non-hydrogen) atoms. The van der Waals surface area contributed by atoms with E-state index in [4.69, 9.17) is 0 Å². The Morgan fingerprint density at radius 3 is 2.81 bits per heavy atom. The highest BCUT2D eigenvalue weighted by Gasteiger charge is 2.29. The molecule has 2 aromatic rings. The Morgan fingerprint density at radius 1 is 1.38 bits per heavy atom. The molecule has 1 aliphatic heterocycles. The Kier molecular flexibility index (Phi) is 4.01. The van der Waals surface area contributed by atoms with Crippen molar-refractivity contribution in [1.82, 2.24) is 14.9 Å². The second-order valence-electron chi connectivity index (χ2n) is 5.59. The molecular formula is C16H19N3OS. The van der Waals surface area contributed by atoms with Gasteiger partial charge in [0, 0.05) is 35.3 Å². The molecule has 1 atom stereocenters. The lowest BCUT2D eigenvalue weighted by molar-refractivity contribution is -0.129. The van der Waals surface area contributed by atoms with Gasteiger partial charge in [0.05, 0.1) is 6.42 Å². The molecule has 0 spiro atoms. The van der Waals surface area contributed by atoms with Crippen molar-refractivity contribution in [3.05, 3.63) is 45.7 Å². The molecule has 1 saturated heterocycles. The first-order valence-electron chi connectivity index (χ1n) is 7.24. The van der Waals surface area contributed by atoms with Crippen molar-refractivity contribution >= 4 is 17.2 Å². The fourth-order valence-electron chi connectivity index (χ4n) is 2.81. The maximum Gasteiger partial charge on any atom is 0.227 e. The summed E-state index contributed by atoms with van der Waals surface area (Å²) >= 11 is 1.64. The van der Waals surface area contributed by atoms with E-state index in [1.165, 1.54) is 0 Å². The molecule has 0 saturated carbocycles. The Hall–Kier alpha value is -1.75. The zero-order valence-corrected chi connectivity index (χ0v) is 13.2. The van der Waals surface area contributed by atoms with Crippen LogP contribution in [0.15, 0.2) is 23.6 Å². The van der Waals surface area contributed by atoms with Crippen molar-refractivity contribution in [1.29, 1.82) is 0 Å². The second-order valence-corrected chi connectivity index (χ2v) is 6.62. The quantitative estimate of drug-likeness (QED) is 0.875. The number of amides is 1. The zero-order chi connectivity index (χ0) is 14.8. The van der Waals surface area contributed by atoms with Gasteiger partial charge in [-0.25, -0.2) is 9.97 Å². The summed E-state index contributed by atoms with van der Waals surface area (Å²) in [7, 11) is 0. The molecule has 2 aromatic heterocycles. The van der Waals surface area contributed by atoms with E-state index in [2.05, 4.69) is 9.97 Å². The maximum atomic E-state index is 12.3. The SMILES string of the molecule is Cc1cc(C)nc([C@@H]2CCN(C(=O)Cc3cccs3)C2)n1. The van der Waals surface area contributed by atoms with Gasteiger partial charge in [-0.15, -0.1) is 11.3 Å². The molecule has 0 N–H and O–H groups in total. The van der Waals surface area contributed by atoms with Gasteiger partial charge < -0.3 is 4.90 Å². The van der Waals surface area contributed by atoms with E-state index in [1.54, 1.807) is 11.3 Å². The number of likely N-dealkylation sites (tertiary alicyclic amines) is 1. The van der Waals surface area contributed by atoms with Crippen LogP contribution in [0.5, 0.6) is 0 Å². The third-order valence-electron chi connectivity index (χ3n) is 3.81. The van der Waals surface area contributed by atoms with Crippen LogP contribution in [0, 0.1) is 13.8 Å². The average Bonchev–Trinajstić information content (AvgIpc) is 3.08. The minimum absolute atomic E-state index is 0.212. The van der Waals surface area contributed by atoms with Gasteiger partial charge >= 0.3 is 0 Å². The third-order valence-corrected chi connectivity index (χ3v) is 4.69. The van der Waals surface area contributed by atoms with Gasteiger partial charge in [-0.1, -0.05) is 6.07 Å². The molecule has 3 heterocycles. The molecule has 0 radical (unpaired) electrons. The van der Waals surface area contributed by atoms with Crippen LogP contribution in [-0.4, -0.2) is 33.9 Å². The van der Waals surface area contributed by atoms with Crippen molar-refractivity contribution in [2.45, 2.75) is 32.6 Å². The molecule has 0 aromatic carbocycles. The lowest BCUT2D eigenvalue weighted by Crippen LogP contribution is -2.29. The van der Waals surface area contributed by atoms with Gasteiger partial charge in [-0.3, -0.25) is 4.79 Å². The lowest BCUT2D eigenvalue weighted by Gasteiger charge is -2.16. The second kappa shape index (κ2) is 5.93. The summed E-state index contributed by atoms with van der Waals surface area (Å²) in [4.78, 5) is 24.5. The normalized spacial score (nSPS) is 18.2. The molecule has 0 bridgehead atoms. The van der Waals surface area contributed by atoms with Gasteiger partial charge in [0.2, 0.25) is 5.91 Å².